The van der Waals surface area contributed by atoms with E-state index >= 15 is 0 Å². The second-order valence-corrected chi connectivity index (χ2v) is 5.43. The Hall–Kier alpha value is -1.12. The first-order valence-corrected chi connectivity index (χ1v) is 6.34. The molecule has 1 rings (SSSR count). The van der Waals surface area contributed by atoms with Crippen LogP contribution >= 0.6 is 24.0 Å². The summed E-state index contributed by atoms with van der Waals surface area (Å²) in [6.07, 6.45) is -2.48. The number of rotatable bonds is 5. The predicted molar refractivity (Wildman–Crippen MR) is 91.6 cm³/mol. The van der Waals surface area contributed by atoms with E-state index in [4.69, 9.17) is 10.5 Å². The zero-order valence-electron chi connectivity index (χ0n) is 12.4. The predicted octanol–water partition coefficient (Wildman–Crippen LogP) is 3.15. The Kier molecular flexibility index (Phi) is 8.53. The van der Waals surface area contributed by atoms with Crippen molar-refractivity contribution >= 4 is 29.9 Å². The topological polar surface area (TPSA) is 59.6 Å². The highest BCUT2D eigenvalue weighted by Crippen LogP contribution is 2.15. The molecule has 120 valence electrons. The number of nitrogens with two attached hydrogens (primary N) is 1. The van der Waals surface area contributed by atoms with Gasteiger partial charge in [-0.2, -0.15) is 0 Å². The maximum atomic E-state index is 12.1. The molecule has 0 aromatic heterocycles. The third-order valence-electron chi connectivity index (χ3n) is 2.21. The number of hydrogen-bond acceptors (Lipinski definition) is 2. The van der Waals surface area contributed by atoms with Crippen molar-refractivity contribution in [1.29, 1.82) is 0 Å². The highest BCUT2D eigenvalue weighted by molar-refractivity contribution is 14.0. The summed E-state index contributed by atoms with van der Waals surface area (Å²) in [7, 11) is 0. The minimum absolute atomic E-state index is 0. The van der Waals surface area contributed by atoms with Gasteiger partial charge in [0.1, 0.15) is 12.4 Å². The van der Waals surface area contributed by atoms with Crippen LogP contribution in [0.15, 0.2) is 29.3 Å². The molecule has 1 aromatic carbocycles. The highest BCUT2D eigenvalue weighted by atomic mass is 127. The summed E-state index contributed by atoms with van der Waals surface area (Å²) >= 11 is 0. The van der Waals surface area contributed by atoms with E-state index in [0.717, 1.165) is 5.56 Å². The van der Waals surface area contributed by atoms with Gasteiger partial charge in [-0.3, -0.25) is 0 Å². The Labute approximate surface area is 141 Å². The summed E-state index contributed by atoms with van der Waals surface area (Å²) in [4.78, 5) is 4.20. The van der Waals surface area contributed by atoms with Crippen LogP contribution in [0.25, 0.3) is 0 Å². The normalized spacial score (nSPS) is 12.0. The molecule has 0 atom stereocenters. The van der Waals surface area contributed by atoms with Crippen LogP contribution in [0.2, 0.25) is 0 Å². The number of benzene rings is 1. The molecule has 0 spiro atoms. The summed E-state index contributed by atoms with van der Waals surface area (Å²) in [6, 6.07) is 6.88. The number of aliphatic imine (C=N–C) groups is 1. The molecule has 0 unspecified atom stereocenters. The fraction of sp³-hybridized carbons (Fsp3) is 0.500. The molecule has 4 nitrogen and oxygen atoms in total. The molecule has 7 heteroatoms. The zero-order chi connectivity index (χ0) is 15.2. The molecule has 0 fully saturated rings. The number of nitrogens with zero attached hydrogens (tertiary/aromatic N) is 1. The molecule has 0 aliphatic carbocycles. The van der Waals surface area contributed by atoms with Crippen molar-refractivity contribution in [2.24, 2.45) is 10.7 Å². The second kappa shape index (κ2) is 9.01. The largest absolute Gasteiger partial charge is 0.488 e. The molecule has 0 amide bonds. The highest BCUT2D eigenvalue weighted by Gasteiger charge is 2.09. The van der Waals surface area contributed by atoms with Gasteiger partial charge in [-0.15, -0.1) is 24.0 Å². The van der Waals surface area contributed by atoms with Gasteiger partial charge in [0, 0.05) is 5.54 Å². The van der Waals surface area contributed by atoms with Crippen LogP contribution in [-0.4, -0.2) is 24.5 Å². The van der Waals surface area contributed by atoms with Crippen LogP contribution in [0.4, 0.5) is 8.78 Å². The molecule has 0 radical (unpaired) electrons. The van der Waals surface area contributed by atoms with E-state index < -0.39 is 13.0 Å². The standard InChI is InChI=1S/C14H21F2N3O.HI/c1-14(2,3)19-13(17)18-8-10-5-4-6-11(7-10)20-9-12(15)16;/h4-7,12H,8-9H2,1-3H3,(H3,17,18,19);1H. The van der Waals surface area contributed by atoms with Crippen molar-refractivity contribution in [1.82, 2.24) is 5.32 Å². The summed E-state index contributed by atoms with van der Waals surface area (Å²) in [5.41, 5.74) is 6.44. The Morgan fingerprint density at radius 1 is 1.38 bits per heavy atom. The summed E-state index contributed by atoms with van der Waals surface area (Å²) in [6.45, 7) is 5.69. The van der Waals surface area contributed by atoms with Gasteiger partial charge in [0.2, 0.25) is 0 Å². The molecule has 21 heavy (non-hydrogen) atoms. The number of guanidine groups is 1. The number of ether oxygens (including phenoxy) is 1. The van der Waals surface area contributed by atoms with E-state index in [1.165, 1.54) is 0 Å². The number of halogens is 3. The van der Waals surface area contributed by atoms with Crippen LogP contribution in [-0.2, 0) is 6.54 Å². The first-order valence-electron chi connectivity index (χ1n) is 6.34. The van der Waals surface area contributed by atoms with E-state index in [9.17, 15) is 8.78 Å². The van der Waals surface area contributed by atoms with Gasteiger partial charge in [-0.05, 0) is 38.5 Å². The number of nitrogens with one attached hydrogen (secondary N) is 1. The lowest BCUT2D eigenvalue weighted by molar-refractivity contribution is 0.0818. The Morgan fingerprint density at radius 2 is 2.05 bits per heavy atom. The molecule has 1 aromatic rings. The van der Waals surface area contributed by atoms with Gasteiger partial charge in [-0.1, -0.05) is 12.1 Å². The number of alkyl halides is 2. The third kappa shape index (κ3) is 9.43. The van der Waals surface area contributed by atoms with Crippen LogP contribution in [0.3, 0.4) is 0 Å². The van der Waals surface area contributed by atoms with E-state index in [1.54, 1.807) is 18.2 Å². The molecular weight excluding hydrogens is 391 g/mol. The molecule has 0 aliphatic heterocycles. The van der Waals surface area contributed by atoms with Crippen LogP contribution in [0.1, 0.15) is 26.3 Å². The van der Waals surface area contributed by atoms with Gasteiger partial charge >= 0.3 is 0 Å². The average Bonchev–Trinajstić information content (AvgIpc) is 2.32. The van der Waals surface area contributed by atoms with Crippen molar-refractivity contribution in [2.45, 2.75) is 39.3 Å². The molecule has 0 heterocycles. The van der Waals surface area contributed by atoms with E-state index in [2.05, 4.69) is 10.3 Å². The smallest absolute Gasteiger partial charge is 0.272 e. The molecule has 3 N–H and O–H groups in total. The van der Waals surface area contributed by atoms with Crippen molar-refractivity contribution in [3.8, 4) is 5.75 Å². The lowest BCUT2D eigenvalue weighted by Gasteiger charge is -2.21. The minimum Gasteiger partial charge on any atom is -0.488 e. The fourth-order valence-electron chi connectivity index (χ4n) is 1.49. The van der Waals surface area contributed by atoms with Crippen molar-refractivity contribution in [2.75, 3.05) is 6.61 Å². The van der Waals surface area contributed by atoms with Crippen molar-refractivity contribution < 1.29 is 13.5 Å². The van der Waals surface area contributed by atoms with Gasteiger partial charge in [0.25, 0.3) is 6.43 Å². The summed E-state index contributed by atoms with van der Waals surface area (Å²) in [5, 5.41) is 3.04. The van der Waals surface area contributed by atoms with Gasteiger partial charge in [-0.25, -0.2) is 13.8 Å². The SMILES string of the molecule is CC(C)(C)NC(N)=NCc1cccc(OCC(F)F)c1.I. The quantitative estimate of drug-likeness (QED) is 0.443. The Morgan fingerprint density at radius 3 is 2.62 bits per heavy atom. The van der Waals surface area contributed by atoms with Gasteiger partial charge in [0.15, 0.2) is 5.96 Å². The molecular formula is C14H22F2IN3O. The van der Waals surface area contributed by atoms with E-state index in [-0.39, 0.29) is 29.5 Å². The maximum absolute atomic E-state index is 12.1. The summed E-state index contributed by atoms with van der Waals surface area (Å²) in [5.74, 6) is 0.747. The van der Waals surface area contributed by atoms with Crippen LogP contribution in [0.5, 0.6) is 5.75 Å². The van der Waals surface area contributed by atoms with Crippen molar-refractivity contribution in [3.63, 3.8) is 0 Å². The monoisotopic (exact) mass is 413 g/mol. The lowest BCUT2D eigenvalue weighted by Crippen LogP contribution is -2.44. The molecule has 0 saturated heterocycles. The van der Waals surface area contributed by atoms with E-state index in [0.29, 0.717) is 18.3 Å². The van der Waals surface area contributed by atoms with Crippen LogP contribution < -0.4 is 15.8 Å². The molecule has 0 saturated carbocycles. The zero-order valence-corrected chi connectivity index (χ0v) is 14.7. The average molecular weight is 413 g/mol. The maximum Gasteiger partial charge on any atom is 0.272 e. The molecule has 0 aliphatic rings. The first-order chi connectivity index (χ1) is 9.26. The molecule has 0 bridgehead atoms. The minimum atomic E-state index is -2.48. The second-order valence-electron chi connectivity index (χ2n) is 5.43. The van der Waals surface area contributed by atoms with E-state index in [1.807, 2.05) is 26.8 Å². The van der Waals surface area contributed by atoms with Gasteiger partial charge in [0.05, 0.1) is 6.54 Å². The van der Waals surface area contributed by atoms with Gasteiger partial charge < -0.3 is 15.8 Å². The van der Waals surface area contributed by atoms with Crippen molar-refractivity contribution in [3.05, 3.63) is 29.8 Å². The third-order valence-corrected chi connectivity index (χ3v) is 2.21. The number of hydrogen-bond donors (Lipinski definition) is 2. The Bertz CT molecular complexity index is 462. The Balaban J connectivity index is 0.00000400. The first kappa shape index (κ1) is 19.9. The van der Waals surface area contributed by atoms with Crippen LogP contribution in [0, 0.1) is 0 Å². The lowest BCUT2D eigenvalue weighted by atomic mass is 10.1. The fourth-order valence-corrected chi connectivity index (χ4v) is 1.49. The summed E-state index contributed by atoms with van der Waals surface area (Å²) < 4.78 is 29.1.